The molecule has 6 heteroatoms. The van der Waals surface area contributed by atoms with Crippen molar-refractivity contribution in [2.75, 3.05) is 18.2 Å². The smallest absolute Gasteiger partial charge is 0.274 e. The summed E-state index contributed by atoms with van der Waals surface area (Å²) < 4.78 is 5.20. The summed E-state index contributed by atoms with van der Waals surface area (Å²) in [4.78, 5) is 16.1. The van der Waals surface area contributed by atoms with Gasteiger partial charge in [-0.1, -0.05) is 11.6 Å². The number of halogens is 1. The Hall–Kier alpha value is -2.27. The number of nitrogens with zero attached hydrogens (tertiary/aromatic N) is 1. The second-order valence-electron chi connectivity index (χ2n) is 4.23. The first kappa shape index (κ1) is 14.1. The lowest BCUT2D eigenvalue weighted by Gasteiger charge is -2.12. The molecule has 0 atom stereocenters. The standard InChI is InChI=1S/C14H14ClN3O2/c1-8-5-12(13(20-2)6-10(8)15)18-14(19)11-4-3-9(16)7-17-11/h3-7H,16H2,1-2H3,(H,18,19). The fraction of sp³-hybridized carbons (Fsp3) is 0.143. The number of benzene rings is 1. The Morgan fingerprint density at radius 1 is 1.40 bits per heavy atom. The Kier molecular flexibility index (Phi) is 4.10. The maximum absolute atomic E-state index is 12.1. The van der Waals surface area contributed by atoms with E-state index < -0.39 is 0 Å². The summed E-state index contributed by atoms with van der Waals surface area (Å²) in [6.45, 7) is 1.85. The lowest BCUT2D eigenvalue weighted by atomic mass is 10.2. The van der Waals surface area contributed by atoms with Crippen LogP contribution in [-0.4, -0.2) is 18.0 Å². The van der Waals surface area contributed by atoms with Crippen LogP contribution in [0, 0.1) is 6.92 Å². The van der Waals surface area contributed by atoms with Crippen LogP contribution in [-0.2, 0) is 0 Å². The minimum absolute atomic E-state index is 0.272. The Morgan fingerprint density at radius 3 is 2.75 bits per heavy atom. The Labute approximate surface area is 121 Å². The third kappa shape index (κ3) is 3.00. The predicted octanol–water partition coefficient (Wildman–Crippen LogP) is 2.89. The topological polar surface area (TPSA) is 77.2 Å². The SMILES string of the molecule is COc1cc(Cl)c(C)cc1NC(=O)c1ccc(N)cn1. The van der Waals surface area contributed by atoms with Crippen molar-refractivity contribution in [3.63, 3.8) is 0 Å². The number of hydrogen-bond acceptors (Lipinski definition) is 4. The summed E-state index contributed by atoms with van der Waals surface area (Å²) in [6.07, 6.45) is 1.43. The number of aryl methyl sites for hydroxylation is 1. The van der Waals surface area contributed by atoms with Crippen LogP contribution in [0.4, 0.5) is 11.4 Å². The normalized spacial score (nSPS) is 10.2. The number of nitrogen functional groups attached to an aromatic ring is 1. The van der Waals surface area contributed by atoms with Gasteiger partial charge in [-0.3, -0.25) is 4.79 Å². The first-order chi connectivity index (χ1) is 9.51. The van der Waals surface area contributed by atoms with Crippen molar-refractivity contribution in [1.29, 1.82) is 0 Å². The number of nitrogens with two attached hydrogens (primary N) is 1. The highest BCUT2D eigenvalue weighted by Crippen LogP contribution is 2.31. The largest absolute Gasteiger partial charge is 0.495 e. The van der Waals surface area contributed by atoms with Crippen molar-refractivity contribution in [2.24, 2.45) is 0 Å². The van der Waals surface area contributed by atoms with Gasteiger partial charge in [0.05, 0.1) is 24.7 Å². The third-order valence-corrected chi connectivity index (χ3v) is 3.16. The number of amides is 1. The minimum atomic E-state index is -0.343. The van der Waals surface area contributed by atoms with Gasteiger partial charge in [-0.25, -0.2) is 4.98 Å². The van der Waals surface area contributed by atoms with E-state index in [-0.39, 0.29) is 11.6 Å². The first-order valence-corrected chi connectivity index (χ1v) is 6.26. The Bertz CT molecular complexity index is 642. The molecule has 20 heavy (non-hydrogen) atoms. The second kappa shape index (κ2) is 5.79. The highest BCUT2D eigenvalue weighted by Gasteiger charge is 2.12. The van der Waals surface area contributed by atoms with E-state index in [0.717, 1.165) is 5.56 Å². The van der Waals surface area contributed by atoms with Crippen LogP contribution in [0.25, 0.3) is 0 Å². The van der Waals surface area contributed by atoms with Crippen LogP contribution in [0.3, 0.4) is 0 Å². The molecule has 3 N–H and O–H groups in total. The van der Waals surface area contributed by atoms with Gasteiger partial charge in [-0.2, -0.15) is 0 Å². The van der Waals surface area contributed by atoms with E-state index in [1.54, 1.807) is 24.3 Å². The van der Waals surface area contributed by atoms with E-state index in [0.29, 0.717) is 22.1 Å². The number of carbonyl (C=O) groups excluding carboxylic acids is 1. The third-order valence-electron chi connectivity index (χ3n) is 2.75. The number of methoxy groups -OCH3 is 1. The van der Waals surface area contributed by atoms with Crippen molar-refractivity contribution in [3.8, 4) is 5.75 Å². The van der Waals surface area contributed by atoms with E-state index in [1.807, 2.05) is 6.92 Å². The highest BCUT2D eigenvalue weighted by atomic mass is 35.5. The quantitative estimate of drug-likeness (QED) is 0.911. The number of ether oxygens (including phenoxy) is 1. The van der Waals surface area contributed by atoms with Crippen molar-refractivity contribution in [1.82, 2.24) is 4.98 Å². The van der Waals surface area contributed by atoms with Gasteiger partial charge < -0.3 is 15.8 Å². The van der Waals surface area contributed by atoms with Gasteiger partial charge in [0.1, 0.15) is 11.4 Å². The van der Waals surface area contributed by atoms with Crippen LogP contribution < -0.4 is 15.8 Å². The molecule has 104 valence electrons. The Balaban J connectivity index is 2.27. The monoisotopic (exact) mass is 291 g/mol. The maximum atomic E-state index is 12.1. The minimum Gasteiger partial charge on any atom is -0.495 e. The molecule has 0 saturated heterocycles. The predicted molar refractivity (Wildman–Crippen MR) is 79.3 cm³/mol. The molecule has 0 bridgehead atoms. The molecule has 2 rings (SSSR count). The van der Waals surface area contributed by atoms with Gasteiger partial charge in [0.2, 0.25) is 0 Å². The maximum Gasteiger partial charge on any atom is 0.274 e. The fourth-order valence-corrected chi connectivity index (χ4v) is 1.81. The zero-order valence-corrected chi connectivity index (χ0v) is 11.9. The Morgan fingerprint density at radius 2 is 2.15 bits per heavy atom. The van der Waals surface area contributed by atoms with E-state index in [1.165, 1.54) is 13.3 Å². The van der Waals surface area contributed by atoms with E-state index in [4.69, 9.17) is 22.1 Å². The van der Waals surface area contributed by atoms with Gasteiger partial charge in [0.25, 0.3) is 5.91 Å². The molecule has 0 radical (unpaired) electrons. The molecule has 1 amide bonds. The van der Waals surface area contributed by atoms with Crippen LogP contribution >= 0.6 is 11.6 Å². The number of rotatable bonds is 3. The molecule has 0 aliphatic carbocycles. The molecule has 0 aliphatic heterocycles. The molecule has 1 aromatic heterocycles. The van der Waals surface area contributed by atoms with Crippen LogP contribution in [0.1, 0.15) is 16.1 Å². The number of aromatic nitrogens is 1. The van der Waals surface area contributed by atoms with Gasteiger partial charge in [-0.15, -0.1) is 0 Å². The lowest BCUT2D eigenvalue weighted by molar-refractivity contribution is 0.102. The molecular weight excluding hydrogens is 278 g/mol. The van der Waals surface area contributed by atoms with E-state index >= 15 is 0 Å². The van der Waals surface area contributed by atoms with Crippen LogP contribution in [0.2, 0.25) is 5.02 Å². The van der Waals surface area contributed by atoms with Crippen LogP contribution in [0.5, 0.6) is 5.75 Å². The van der Waals surface area contributed by atoms with Crippen molar-refractivity contribution in [2.45, 2.75) is 6.92 Å². The summed E-state index contributed by atoms with van der Waals surface area (Å²) in [5.74, 6) is 0.148. The lowest BCUT2D eigenvalue weighted by Crippen LogP contribution is -2.14. The van der Waals surface area contributed by atoms with Crippen molar-refractivity contribution >= 4 is 28.9 Å². The summed E-state index contributed by atoms with van der Waals surface area (Å²) in [6, 6.07) is 6.57. The molecule has 0 saturated carbocycles. The number of pyridine rings is 1. The molecule has 1 aromatic carbocycles. The summed E-state index contributed by atoms with van der Waals surface area (Å²) in [5, 5.41) is 3.31. The average molecular weight is 292 g/mol. The number of anilines is 2. The van der Waals surface area contributed by atoms with Crippen molar-refractivity contribution < 1.29 is 9.53 Å². The van der Waals surface area contributed by atoms with Gasteiger partial charge in [-0.05, 0) is 30.7 Å². The fourth-order valence-electron chi connectivity index (χ4n) is 1.66. The number of nitrogens with one attached hydrogen (secondary N) is 1. The van der Waals surface area contributed by atoms with Crippen molar-refractivity contribution in [3.05, 3.63) is 46.7 Å². The molecule has 0 fully saturated rings. The molecule has 0 unspecified atom stereocenters. The van der Waals surface area contributed by atoms with Gasteiger partial charge in [0, 0.05) is 11.1 Å². The molecule has 5 nitrogen and oxygen atoms in total. The van der Waals surface area contributed by atoms with E-state index in [2.05, 4.69) is 10.3 Å². The number of hydrogen-bond donors (Lipinski definition) is 2. The zero-order valence-electron chi connectivity index (χ0n) is 11.1. The second-order valence-corrected chi connectivity index (χ2v) is 4.64. The van der Waals surface area contributed by atoms with Gasteiger partial charge in [0.15, 0.2) is 0 Å². The molecular formula is C14H14ClN3O2. The molecule has 0 aliphatic rings. The molecule has 1 heterocycles. The summed E-state index contributed by atoms with van der Waals surface area (Å²) >= 11 is 6.02. The highest BCUT2D eigenvalue weighted by molar-refractivity contribution is 6.31. The summed E-state index contributed by atoms with van der Waals surface area (Å²) in [5.41, 5.74) is 7.69. The van der Waals surface area contributed by atoms with Gasteiger partial charge >= 0.3 is 0 Å². The zero-order chi connectivity index (χ0) is 14.7. The molecule has 2 aromatic rings. The first-order valence-electron chi connectivity index (χ1n) is 5.88. The van der Waals surface area contributed by atoms with E-state index in [9.17, 15) is 4.79 Å². The number of carbonyl (C=O) groups is 1. The van der Waals surface area contributed by atoms with Crippen LogP contribution in [0.15, 0.2) is 30.5 Å². The molecule has 0 spiro atoms. The average Bonchev–Trinajstić information content (AvgIpc) is 2.43. The summed E-state index contributed by atoms with van der Waals surface area (Å²) in [7, 11) is 1.51.